The first-order valence-corrected chi connectivity index (χ1v) is 12.0. The van der Waals surface area contributed by atoms with Gasteiger partial charge in [-0.1, -0.05) is 26.7 Å². The van der Waals surface area contributed by atoms with E-state index in [0.29, 0.717) is 48.1 Å². The van der Waals surface area contributed by atoms with Crippen molar-refractivity contribution in [1.82, 2.24) is 15.3 Å². The third kappa shape index (κ3) is 4.72. The fraction of sp³-hybridized carbons (Fsp3) is 0.476. The van der Waals surface area contributed by atoms with Crippen LogP contribution in [0.15, 0.2) is 30.3 Å². The smallest absolute Gasteiger partial charge is 0.319 e. The average molecular weight is 432 g/mol. The van der Waals surface area contributed by atoms with Crippen LogP contribution in [-0.2, 0) is 14.6 Å². The SMILES string of the molecule is CC(C)CNC(=O)Nc1ccc(-c2nc(N)cc(C3(S(C)(=O)=O)CCCC3)n2)cc1. The van der Waals surface area contributed by atoms with Gasteiger partial charge in [0.05, 0.1) is 5.69 Å². The average Bonchev–Trinajstić information content (AvgIpc) is 3.18. The molecular weight excluding hydrogens is 402 g/mol. The third-order valence-electron chi connectivity index (χ3n) is 5.41. The highest BCUT2D eigenvalue weighted by molar-refractivity contribution is 7.91. The van der Waals surface area contributed by atoms with E-state index < -0.39 is 14.6 Å². The van der Waals surface area contributed by atoms with E-state index in [0.717, 1.165) is 12.8 Å². The lowest BCUT2D eigenvalue weighted by Crippen LogP contribution is -2.33. The molecule has 9 heteroatoms. The van der Waals surface area contributed by atoms with Crippen molar-refractivity contribution in [3.05, 3.63) is 36.0 Å². The quantitative estimate of drug-likeness (QED) is 0.644. The number of aromatic nitrogens is 2. The Bertz CT molecular complexity index is 1010. The molecule has 4 N–H and O–H groups in total. The number of nitrogen functional groups attached to an aromatic ring is 1. The zero-order valence-corrected chi connectivity index (χ0v) is 18.4. The molecule has 1 aliphatic rings. The van der Waals surface area contributed by atoms with E-state index in [1.807, 2.05) is 13.8 Å². The zero-order chi connectivity index (χ0) is 21.9. The fourth-order valence-electron chi connectivity index (χ4n) is 3.77. The third-order valence-corrected chi connectivity index (χ3v) is 7.44. The van der Waals surface area contributed by atoms with E-state index >= 15 is 0 Å². The van der Waals surface area contributed by atoms with E-state index in [4.69, 9.17) is 5.73 Å². The van der Waals surface area contributed by atoms with Crippen LogP contribution in [0.5, 0.6) is 0 Å². The van der Waals surface area contributed by atoms with Crippen LogP contribution in [0.2, 0.25) is 0 Å². The first kappa shape index (κ1) is 22.0. The summed E-state index contributed by atoms with van der Waals surface area (Å²) in [7, 11) is -3.37. The normalized spacial score (nSPS) is 15.9. The van der Waals surface area contributed by atoms with Gasteiger partial charge in [-0.2, -0.15) is 0 Å². The van der Waals surface area contributed by atoms with Gasteiger partial charge in [-0.05, 0) is 43.0 Å². The molecular formula is C21H29N5O3S. The number of amides is 2. The lowest BCUT2D eigenvalue weighted by molar-refractivity contribution is 0.251. The second kappa shape index (κ2) is 8.59. The summed E-state index contributed by atoms with van der Waals surface area (Å²) in [5.74, 6) is 0.971. The largest absolute Gasteiger partial charge is 0.384 e. The molecule has 2 amide bonds. The minimum absolute atomic E-state index is 0.236. The van der Waals surface area contributed by atoms with Crippen LogP contribution in [0.4, 0.5) is 16.3 Å². The van der Waals surface area contributed by atoms with Crippen LogP contribution in [0.3, 0.4) is 0 Å². The van der Waals surface area contributed by atoms with E-state index in [2.05, 4.69) is 20.6 Å². The number of nitrogens with one attached hydrogen (secondary N) is 2. The topological polar surface area (TPSA) is 127 Å². The number of carbonyl (C=O) groups is 1. The molecule has 1 fully saturated rings. The van der Waals surface area contributed by atoms with Crippen molar-refractivity contribution in [3.8, 4) is 11.4 Å². The van der Waals surface area contributed by atoms with Crippen molar-refractivity contribution in [2.24, 2.45) is 5.92 Å². The molecule has 0 bridgehead atoms. The summed E-state index contributed by atoms with van der Waals surface area (Å²) in [4.78, 5) is 20.8. The molecule has 1 aliphatic carbocycles. The maximum Gasteiger partial charge on any atom is 0.319 e. The maximum atomic E-state index is 12.6. The molecule has 0 saturated heterocycles. The number of urea groups is 1. The van der Waals surface area contributed by atoms with Gasteiger partial charge in [-0.3, -0.25) is 0 Å². The van der Waals surface area contributed by atoms with Crippen LogP contribution >= 0.6 is 0 Å². The molecule has 0 radical (unpaired) electrons. The van der Waals surface area contributed by atoms with Gasteiger partial charge in [-0.25, -0.2) is 23.2 Å². The van der Waals surface area contributed by atoms with Crippen LogP contribution in [-0.4, -0.2) is 37.2 Å². The van der Waals surface area contributed by atoms with Crippen molar-refractivity contribution in [1.29, 1.82) is 0 Å². The van der Waals surface area contributed by atoms with Gasteiger partial charge in [0.25, 0.3) is 0 Å². The Morgan fingerprint density at radius 3 is 2.37 bits per heavy atom. The van der Waals surface area contributed by atoms with Crippen LogP contribution in [0, 0.1) is 5.92 Å². The molecule has 162 valence electrons. The highest BCUT2D eigenvalue weighted by Gasteiger charge is 2.46. The lowest BCUT2D eigenvalue weighted by Gasteiger charge is -2.26. The summed E-state index contributed by atoms with van der Waals surface area (Å²) in [5, 5.41) is 5.57. The second-order valence-electron chi connectivity index (χ2n) is 8.28. The molecule has 0 aliphatic heterocycles. The number of hydrogen-bond acceptors (Lipinski definition) is 6. The molecule has 0 spiro atoms. The molecule has 0 unspecified atom stereocenters. The lowest BCUT2D eigenvalue weighted by atomic mass is 10.0. The van der Waals surface area contributed by atoms with Crippen molar-refractivity contribution in [2.75, 3.05) is 23.9 Å². The van der Waals surface area contributed by atoms with Crippen molar-refractivity contribution < 1.29 is 13.2 Å². The molecule has 1 aromatic carbocycles. The van der Waals surface area contributed by atoms with E-state index in [1.54, 1.807) is 30.3 Å². The number of sulfone groups is 1. The van der Waals surface area contributed by atoms with E-state index in [-0.39, 0.29) is 11.8 Å². The Morgan fingerprint density at radius 2 is 1.80 bits per heavy atom. The Hall–Kier alpha value is -2.68. The van der Waals surface area contributed by atoms with Crippen LogP contribution < -0.4 is 16.4 Å². The van der Waals surface area contributed by atoms with Crippen LogP contribution in [0.1, 0.15) is 45.2 Å². The summed E-state index contributed by atoms with van der Waals surface area (Å²) in [6.45, 7) is 4.63. The van der Waals surface area contributed by atoms with Gasteiger partial charge in [0, 0.05) is 30.1 Å². The molecule has 0 atom stereocenters. The summed E-state index contributed by atoms with van der Waals surface area (Å²) in [5.41, 5.74) is 7.79. The van der Waals surface area contributed by atoms with Crippen molar-refractivity contribution in [3.63, 3.8) is 0 Å². The molecule has 1 heterocycles. The van der Waals surface area contributed by atoms with Gasteiger partial charge in [-0.15, -0.1) is 0 Å². The van der Waals surface area contributed by atoms with Gasteiger partial charge in [0.2, 0.25) is 0 Å². The van der Waals surface area contributed by atoms with Gasteiger partial charge >= 0.3 is 6.03 Å². The number of nitrogens with two attached hydrogens (primary N) is 1. The Morgan fingerprint density at radius 1 is 1.17 bits per heavy atom. The summed E-state index contributed by atoms with van der Waals surface area (Å²) in [6, 6.07) is 8.36. The monoisotopic (exact) mass is 431 g/mol. The summed E-state index contributed by atoms with van der Waals surface area (Å²) in [6.07, 6.45) is 4.02. The first-order valence-electron chi connectivity index (χ1n) is 10.1. The van der Waals surface area contributed by atoms with Gasteiger partial charge in [0.15, 0.2) is 15.7 Å². The zero-order valence-electron chi connectivity index (χ0n) is 17.6. The molecule has 1 saturated carbocycles. The Balaban J connectivity index is 1.86. The number of nitrogens with zero attached hydrogens (tertiary/aromatic N) is 2. The van der Waals surface area contributed by atoms with E-state index in [1.165, 1.54) is 6.26 Å². The minimum Gasteiger partial charge on any atom is -0.384 e. The highest BCUT2D eigenvalue weighted by atomic mass is 32.2. The minimum atomic E-state index is -3.37. The predicted octanol–water partition coefficient (Wildman–Crippen LogP) is 3.32. The second-order valence-corrected chi connectivity index (χ2v) is 10.6. The fourth-order valence-corrected chi connectivity index (χ4v) is 5.28. The van der Waals surface area contributed by atoms with Gasteiger partial charge in [0.1, 0.15) is 10.6 Å². The number of carbonyl (C=O) groups excluding carboxylic acids is 1. The first-order chi connectivity index (χ1) is 14.1. The molecule has 2 aromatic rings. The highest BCUT2D eigenvalue weighted by Crippen LogP contribution is 2.45. The predicted molar refractivity (Wildman–Crippen MR) is 119 cm³/mol. The standard InChI is InChI=1S/C21H29N5O3S/c1-14(2)13-23-20(27)24-16-8-6-15(7-9-16)19-25-17(12-18(22)26-19)21(30(3,28)29)10-4-5-11-21/h6-9,12,14H,4-5,10-11,13H2,1-3H3,(H2,22,25,26)(H2,23,24,27). The van der Waals surface area contributed by atoms with E-state index in [9.17, 15) is 13.2 Å². The molecule has 3 rings (SSSR count). The number of rotatable bonds is 6. The van der Waals surface area contributed by atoms with Crippen molar-refractivity contribution >= 4 is 27.4 Å². The van der Waals surface area contributed by atoms with Crippen LogP contribution in [0.25, 0.3) is 11.4 Å². The number of hydrogen-bond donors (Lipinski definition) is 3. The molecule has 1 aromatic heterocycles. The van der Waals surface area contributed by atoms with Crippen molar-refractivity contribution in [2.45, 2.75) is 44.3 Å². The van der Waals surface area contributed by atoms with Gasteiger partial charge < -0.3 is 16.4 Å². The Labute approximate surface area is 177 Å². The Kier molecular flexibility index (Phi) is 6.30. The number of anilines is 2. The number of benzene rings is 1. The molecule has 30 heavy (non-hydrogen) atoms. The summed E-state index contributed by atoms with van der Waals surface area (Å²) >= 11 is 0. The summed E-state index contributed by atoms with van der Waals surface area (Å²) < 4.78 is 24.2. The molecule has 8 nitrogen and oxygen atoms in total. The maximum absolute atomic E-state index is 12.6.